The highest BCUT2D eigenvalue weighted by atomic mass is 19.4. The molecule has 0 saturated heterocycles. The van der Waals surface area contributed by atoms with Gasteiger partial charge in [0.2, 0.25) is 12.1 Å². The van der Waals surface area contributed by atoms with Crippen molar-refractivity contribution in [1.82, 2.24) is 5.01 Å². The predicted octanol–water partition coefficient (Wildman–Crippen LogP) is 2.77. The maximum absolute atomic E-state index is 13.8. The summed E-state index contributed by atoms with van der Waals surface area (Å²) in [5.74, 6) is -12.6. The van der Waals surface area contributed by atoms with Gasteiger partial charge < -0.3 is 5.11 Å². The molecule has 1 aliphatic heterocycles. The molecular weight excluding hydrogens is 325 g/mol. The van der Waals surface area contributed by atoms with E-state index in [9.17, 15) is 40.6 Å². The first-order valence-corrected chi connectivity index (χ1v) is 5.89. The molecule has 0 bridgehead atoms. The third-order valence-corrected chi connectivity index (χ3v) is 3.24. The van der Waals surface area contributed by atoms with Crippen molar-refractivity contribution in [3.63, 3.8) is 0 Å². The van der Waals surface area contributed by atoms with Crippen LogP contribution in [0.3, 0.4) is 0 Å². The van der Waals surface area contributed by atoms with E-state index in [1.807, 2.05) is 0 Å². The minimum Gasteiger partial charge on any atom is -0.364 e. The van der Waals surface area contributed by atoms with Crippen LogP contribution < -0.4 is 0 Å². The third kappa shape index (κ3) is 2.44. The van der Waals surface area contributed by atoms with E-state index in [1.54, 1.807) is 0 Å². The number of alkyl halides is 7. The highest BCUT2D eigenvalue weighted by molar-refractivity contribution is 5.92. The number of rotatable bonds is 3. The van der Waals surface area contributed by atoms with Crippen molar-refractivity contribution in [2.45, 2.75) is 50.9 Å². The summed E-state index contributed by atoms with van der Waals surface area (Å²) in [5, 5.41) is 12.5. The van der Waals surface area contributed by atoms with Crippen LogP contribution in [0.2, 0.25) is 0 Å². The molecule has 4 nitrogen and oxygen atoms in total. The van der Waals surface area contributed by atoms with E-state index in [0.717, 1.165) is 0 Å². The Bertz CT molecular complexity index is 496. The van der Waals surface area contributed by atoms with Gasteiger partial charge in [-0.15, -0.1) is 0 Å². The van der Waals surface area contributed by atoms with Crippen LogP contribution in [0.4, 0.5) is 30.7 Å². The molecule has 1 unspecified atom stereocenters. The number of hydrazone groups is 1. The summed E-state index contributed by atoms with van der Waals surface area (Å²) >= 11 is 0. The molecular formula is C11H13F7N2O2. The van der Waals surface area contributed by atoms with E-state index in [2.05, 4.69) is 5.10 Å². The van der Waals surface area contributed by atoms with Gasteiger partial charge in [-0.2, -0.15) is 40.8 Å². The second-order valence-electron chi connectivity index (χ2n) is 5.89. The lowest BCUT2D eigenvalue weighted by Gasteiger charge is -2.40. The Hall–Kier alpha value is -1.39. The Balaban J connectivity index is 3.38. The Morgan fingerprint density at radius 2 is 1.59 bits per heavy atom. The summed E-state index contributed by atoms with van der Waals surface area (Å²) in [6, 6.07) is 0. The first-order valence-electron chi connectivity index (χ1n) is 5.89. The monoisotopic (exact) mass is 338 g/mol. The van der Waals surface area contributed by atoms with Gasteiger partial charge in [-0.1, -0.05) is 20.8 Å². The van der Waals surface area contributed by atoms with Crippen LogP contribution in [0.1, 0.15) is 27.2 Å². The fourth-order valence-electron chi connectivity index (χ4n) is 1.77. The molecule has 0 spiro atoms. The molecule has 0 aliphatic carbocycles. The van der Waals surface area contributed by atoms with E-state index in [4.69, 9.17) is 0 Å². The number of hydrogen-bond donors (Lipinski definition) is 1. The van der Waals surface area contributed by atoms with Crippen molar-refractivity contribution >= 4 is 12.1 Å². The number of halogens is 7. The smallest absolute Gasteiger partial charge is 0.364 e. The normalized spacial score (nSPS) is 24.5. The van der Waals surface area contributed by atoms with Crippen molar-refractivity contribution in [3.8, 4) is 0 Å². The van der Waals surface area contributed by atoms with Gasteiger partial charge in [0.05, 0.1) is 0 Å². The van der Waals surface area contributed by atoms with E-state index < -0.39 is 47.0 Å². The van der Waals surface area contributed by atoms with Crippen LogP contribution in [0.5, 0.6) is 0 Å². The van der Waals surface area contributed by atoms with Crippen molar-refractivity contribution in [3.05, 3.63) is 0 Å². The molecule has 0 radical (unpaired) electrons. The van der Waals surface area contributed by atoms with Crippen LogP contribution >= 0.6 is 0 Å². The van der Waals surface area contributed by atoms with E-state index >= 15 is 0 Å². The number of nitrogens with zero attached hydrogens (tertiary/aromatic N) is 2. The molecule has 22 heavy (non-hydrogen) atoms. The SMILES string of the molecule is CC(C)(C)C1=NN(C=O)C(O)(C(F)(F)C(F)(F)C(F)(F)F)C1. The number of hydrogen-bond acceptors (Lipinski definition) is 3. The molecule has 128 valence electrons. The first kappa shape index (κ1) is 18.7. The van der Waals surface area contributed by atoms with Gasteiger partial charge in [0.1, 0.15) is 0 Å². The molecule has 1 rings (SSSR count). The maximum atomic E-state index is 13.8. The number of amides is 1. The molecule has 1 amide bonds. The molecule has 1 atom stereocenters. The lowest BCUT2D eigenvalue weighted by Crippen LogP contribution is -2.68. The summed E-state index contributed by atoms with van der Waals surface area (Å²) in [6.45, 7) is 4.21. The largest absolute Gasteiger partial charge is 0.460 e. The fraction of sp³-hybridized carbons (Fsp3) is 0.818. The topological polar surface area (TPSA) is 52.9 Å². The van der Waals surface area contributed by atoms with Crippen LogP contribution in [0.25, 0.3) is 0 Å². The number of carbonyl (C=O) groups excluding carboxylic acids is 1. The summed E-state index contributed by atoms with van der Waals surface area (Å²) in [6.07, 6.45) is -8.49. The summed E-state index contributed by atoms with van der Waals surface area (Å²) in [5.41, 5.74) is -5.47. The highest BCUT2D eigenvalue weighted by Gasteiger charge is 2.82. The van der Waals surface area contributed by atoms with Crippen molar-refractivity contribution < 1.29 is 40.6 Å². The van der Waals surface area contributed by atoms with E-state index in [1.165, 1.54) is 20.8 Å². The quantitative estimate of drug-likeness (QED) is 0.635. The van der Waals surface area contributed by atoms with Gasteiger partial charge in [-0.05, 0) is 0 Å². The van der Waals surface area contributed by atoms with Crippen LogP contribution in [0.15, 0.2) is 5.10 Å². The molecule has 0 aromatic rings. The maximum Gasteiger partial charge on any atom is 0.460 e. The minimum atomic E-state index is -6.62. The van der Waals surface area contributed by atoms with E-state index in [0.29, 0.717) is 0 Å². The molecule has 0 aromatic carbocycles. The highest BCUT2D eigenvalue weighted by Crippen LogP contribution is 2.54. The molecule has 11 heteroatoms. The molecule has 0 aromatic heterocycles. The van der Waals surface area contributed by atoms with Crippen LogP contribution in [0, 0.1) is 5.41 Å². The predicted molar refractivity (Wildman–Crippen MR) is 60.3 cm³/mol. The first-order chi connectivity index (χ1) is 9.52. The Kier molecular flexibility index (Phi) is 4.07. The molecule has 0 saturated carbocycles. The second kappa shape index (κ2) is 4.80. The number of aliphatic hydroxyl groups is 1. The van der Waals surface area contributed by atoms with Gasteiger partial charge in [0.15, 0.2) is 0 Å². The van der Waals surface area contributed by atoms with Gasteiger partial charge in [0, 0.05) is 17.5 Å². The average Bonchev–Trinajstić information content (AvgIpc) is 2.66. The zero-order chi connectivity index (χ0) is 17.8. The standard InChI is InChI=1S/C11H13F7N2O2/c1-7(2,3)6-4-8(22,20(5-21)19-6)9(12,13)10(14,15)11(16,17)18/h5,22H,4H2,1-3H3. The van der Waals surface area contributed by atoms with Gasteiger partial charge >= 0.3 is 18.0 Å². The zero-order valence-electron chi connectivity index (χ0n) is 11.7. The van der Waals surface area contributed by atoms with Crippen molar-refractivity contribution in [2.75, 3.05) is 0 Å². The Morgan fingerprint density at radius 3 is 1.91 bits per heavy atom. The molecule has 0 fully saturated rings. The van der Waals surface area contributed by atoms with Gasteiger partial charge in [-0.25, -0.2) is 0 Å². The third-order valence-electron chi connectivity index (χ3n) is 3.24. The minimum absolute atomic E-state index is 0.320. The fourth-order valence-corrected chi connectivity index (χ4v) is 1.77. The Morgan fingerprint density at radius 1 is 1.14 bits per heavy atom. The Labute approximate surface area is 120 Å². The lowest BCUT2D eigenvalue weighted by atomic mass is 9.83. The molecule has 1 heterocycles. The molecule has 1 N–H and O–H groups in total. The van der Waals surface area contributed by atoms with Gasteiger partial charge in [0.25, 0.3) is 0 Å². The number of carbonyl (C=O) groups is 1. The van der Waals surface area contributed by atoms with Crippen LogP contribution in [-0.2, 0) is 4.79 Å². The van der Waals surface area contributed by atoms with E-state index in [-0.39, 0.29) is 5.71 Å². The van der Waals surface area contributed by atoms with Crippen molar-refractivity contribution in [2.24, 2.45) is 10.5 Å². The van der Waals surface area contributed by atoms with Gasteiger partial charge in [-0.3, -0.25) is 4.79 Å². The molecule has 1 aliphatic rings. The summed E-state index contributed by atoms with van der Waals surface area (Å²) in [7, 11) is 0. The summed E-state index contributed by atoms with van der Waals surface area (Å²) in [4.78, 5) is 10.7. The summed E-state index contributed by atoms with van der Waals surface area (Å²) < 4.78 is 90.5. The second-order valence-corrected chi connectivity index (χ2v) is 5.89. The zero-order valence-corrected chi connectivity index (χ0v) is 11.7. The van der Waals surface area contributed by atoms with Crippen molar-refractivity contribution in [1.29, 1.82) is 0 Å². The average molecular weight is 338 g/mol. The lowest BCUT2D eigenvalue weighted by molar-refractivity contribution is -0.400. The van der Waals surface area contributed by atoms with Crippen LogP contribution in [-0.4, -0.2) is 46.0 Å².